The maximum atomic E-state index is 9.76. The molecule has 62 valence electrons. The average molecular weight is 152 g/mol. The Morgan fingerprint density at radius 3 is 2.73 bits per heavy atom. The lowest BCUT2D eigenvalue weighted by Gasteiger charge is -2.15. The molecule has 11 heavy (non-hydrogen) atoms. The van der Waals surface area contributed by atoms with Crippen LogP contribution in [0.4, 0.5) is 0 Å². The van der Waals surface area contributed by atoms with Gasteiger partial charge in [0.15, 0.2) is 0 Å². The van der Waals surface area contributed by atoms with E-state index >= 15 is 0 Å². The van der Waals surface area contributed by atoms with Gasteiger partial charge in [-0.15, -0.1) is 0 Å². The van der Waals surface area contributed by atoms with E-state index in [4.69, 9.17) is 0 Å². The standard InChI is InChI=1S/C10H16O/c1-6-4-5-7-8(9(6)11)10(7,2)3/h4,7-9,11H,5H2,1-3H3/t7-,8-,9-/m0/s1. The number of aliphatic hydroxyl groups excluding tert-OH is 1. The van der Waals surface area contributed by atoms with E-state index in [1.54, 1.807) is 0 Å². The Bertz CT molecular complexity index is 215. The van der Waals surface area contributed by atoms with Gasteiger partial charge in [0, 0.05) is 0 Å². The fraction of sp³-hybridized carbons (Fsp3) is 0.800. The van der Waals surface area contributed by atoms with Crippen molar-refractivity contribution in [2.24, 2.45) is 17.3 Å². The molecule has 0 radical (unpaired) electrons. The third-order valence-electron chi connectivity index (χ3n) is 3.64. The topological polar surface area (TPSA) is 20.2 Å². The zero-order valence-corrected chi connectivity index (χ0v) is 7.46. The molecule has 0 aromatic carbocycles. The molecule has 0 aromatic heterocycles. The number of rotatable bonds is 0. The average Bonchev–Trinajstić information content (AvgIpc) is 2.46. The molecule has 0 spiro atoms. The molecule has 2 aliphatic carbocycles. The van der Waals surface area contributed by atoms with Crippen molar-refractivity contribution in [2.45, 2.75) is 33.3 Å². The SMILES string of the molecule is CC1=CC[C@H]2[C@@H]([C@H]1O)C2(C)C. The van der Waals surface area contributed by atoms with Crippen LogP contribution in [0.2, 0.25) is 0 Å². The number of hydrogen-bond donors (Lipinski definition) is 1. The van der Waals surface area contributed by atoms with Crippen LogP contribution >= 0.6 is 0 Å². The van der Waals surface area contributed by atoms with Crippen LogP contribution in [-0.2, 0) is 0 Å². The highest BCUT2D eigenvalue weighted by Gasteiger charge is 2.61. The first-order chi connectivity index (χ1) is 5.05. The molecule has 1 saturated carbocycles. The summed E-state index contributed by atoms with van der Waals surface area (Å²) in [5, 5.41) is 9.76. The maximum absolute atomic E-state index is 9.76. The molecule has 0 aromatic rings. The predicted molar refractivity (Wildman–Crippen MR) is 45.1 cm³/mol. The molecule has 2 rings (SSSR count). The lowest BCUT2D eigenvalue weighted by Crippen LogP contribution is -2.16. The van der Waals surface area contributed by atoms with Gasteiger partial charge in [-0.05, 0) is 36.2 Å². The minimum Gasteiger partial charge on any atom is -0.388 e. The van der Waals surface area contributed by atoms with Crippen molar-refractivity contribution in [3.8, 4) is 0 Å². The highest BCUT2D eigenvalue weighted by Crippen LogP contribution is 2.64. The van der Waals surface area contributed by atoms with Crippen molar-refractivity contribution in [1.82, 2.24) is 0 Å². The zero-order chi connectivity index (χ0) is 8.22. The largest absolute Gasteiger partial charge is 0.388 e. The van der Waals surface area contributed by atoms with Gasteiger partial charge in [0.1, 0.15) is 0 Å². The Labute approximate surface area is 68.1 Å². The minimum atomic E-state index is -0.149. The lowest BCUT2D eigenvalue weighted by atomic mass is 9.98. The Hall–Kier alpha value is -0.300. The lowest BCUT2D eigenvalue weighted by molar-refractivity contribution is 0.164. The van der Waals surface area contributed by atoms with Gasteiger partial charge in [0.05, 0.1) is 6.10 Å². The molecular formula is C10H16O. The van der Waals surface area contributed by atoms with Gasteiger partial charge in [-0.25, -0.2) is 0 Å². The molecule has 1 nitrogen and oxygen atoms in total. The Balaban J connectivity index is 2.22. The normalized spacial score (nSPS) is 46.2. The molecule has 2 aliphatic rings. The van der Waals surface area contributed by atoms with Crippen LogP contribution in [-0.4, -0.2) is 11.2 Å². The second kappa shape index (κ2) is 1.89. The maximum Gasteiger partial charge on any atom is 0.0783 e. The highest BCUT2D eigenvalue weighted by molar-refractivity contribution is 5.24. The minimum absolute atomic E-state index is 0.149. The van der Waals surface area contributed by atoms with Crippen LogP contribution < -0.4 is 0 Å². The molecule has 0 bridgehead atoms. The van der Waals surface area contributed by atoms with Crippen LogP contribution in [0.3, 0.4) is 0 Å². The van der Waals surface area contributed by atoms with Gasteiger partial charge in [-0.2, -0.15) is 0 Å². The summed E-state index contributed by atoms with van der Waals surface area (Å²) < 4.78 is 0. The fourth-order valence-electron chi connectivity index (χ4n) is 2.58. The van der Waals surface area contributed by atoms with E-state index < -0.39 is 0 Å². The van der Waals surface area contributed by atoms with Gasteiger partial charge in [-0.1, -0.05) is 19.9 Å². The van der Waals surface area contributed by atoms with E-state index in [2.05, 4.69) is 19.9 Å². The van der Waals surface area contributed by atoms with Crippen molar-refractivity contribution in [3.05, 3.63) is 11.6 Å². The zero-order valence-electron chi connectivity index (χ0n) is 7.46. The van der Waals surface area contributed by atoms with Gasteiger partial charge in [0.25, 0.3) is 0 Å². The van der Waals surface area contributed by atoms with E-state index in [1.165, 1.54) is 12.0 Å². The summed E-state index contributed by atoms with van der Waals surface area (Å²) >= 11 is 0. The summed E-state index contributed by atoms with van der Waals surface area (Å²) in [7, 11) is 0. The molecular weight excluding hydrogens is 136 g/mol. The molecule has 1 heteroatoms. The van der Waals surface area contributed by atoms with Gasteiger partial charge >= 0.3 is 0 Å². The summed E-state index contributed by atoms with van der Waals surface area (Å²) in [6.07, 6.45) is 3.23. The van der Waals surface area contributed by atoms with Crippen molar-refractivity contribution < 1.29 is 5.11 Å². The monoisotopic (exact) mass is 152 g/mol. The summed E-state index contributed by atoms with van der Waals surface area (Å²) in [4.78, 5) is 0. The Kier molecular flexibility index (Phi) is 1.26. The number of allylic oxidation sites excluding steroid dienone is 1. The van der Waals surface area contributed by atoms with E-state index in [0.717, 1.165) is 5.92 Å². The fourth-order valence-corrected chi connectivity index (χ4v) is 2.58. The van der Waals surface area contributed by atoms with Crippen LogP contribution in [0.15, 0.2) is 11.6 Å². The van der Waals surface area contributed by atoms with E-state index in [-0.39, 0.29) is 6.10 Å². The summed E-state index contributed by atoms with van der Waals surface area (Å²) in [6.45, 7) is 6.56. The third kappa shape index (κ3) is 0.807. The molecule has 0 saturated heterocycles. The van der Waals surface area contributed by atoms with Crippen molar-refractivity contribution in [1.29, 1.82) is 0 Å². The second-order valence-corrected chi connectivity index (χ2v) is 4.58. The van der Waals surface area contributed by atoms with Gasteiger partial charge in [0.2, 0.25) is 0 Å². The van der Waals surface area contributed by atoms with E-state index in [9.17, 15) is 5.11 Å². The molecule has 0 heterocycles. The first-order valence-electron chi connectivity index (χ1n) is 4.40. The third-order valence-corrected chi connectivity index (χ3v) is 3.64. The summed E-state index contributed by atoms with van der Waals surface area (Å²) in [5.74, 6) is 1.30. The molecule has 1 fully saturated rings. The molecule has 0 aliphatic heterocycles. The molecule has 0 amide bonds. The summed E-state index contributed by atoms with van der Waals surface area (Å²) in [6, 6.07) is 0. The van der Waals surface area contributed by atoms with Crippen LogP contribution in [0.5, 0.6) is 0 Å². The quantitative estimate of drug-likeness (QED) is 0.526. The smallest absolute Gasteiger partial charge is 0.0783 e. The predicted octanol–water partition coefficient (Wildman–Crippen LogP) is 1.97. The first kappa shape index (κ1) is 7.35. The molecule has 3 atom stereocenters. The van der Waals surface area contributed by atoms with Crippen LogP contribution in [0, 0.1) is 17.3 Å². The number of hydrogen-bond acceptors (Lipinski definition) is 1. The Morgan fingerprint density at radius 2 is 2.18 bits per heavy atom. The van der Waals surface area contributed by atoms with Gasteiger partial charge in [-0.3, -0.25) is 0 Å². The van der Waals surface area contributed by atoms with Crippen molar-refractivity contribution in [2.75, 3.05) is 0 Å². The second-order valence-electron chi connectivity index (χ2n) is 4.58. The van der Waals surface area contributed by atoms with E-state index in [1.807, 2.05) is 6.92 Å². The van der Waals surface area contributed by atoms with Gasteiger partial charge < -0.3 is 5.11 Å². The van der Waals surface area contributed by atoms with Crippen LogP contribution in [0.1, 0.15) is 27.2 Å². The highest BCUT2D eigenvalue weighted by atomic mass is 16.3. The molecule has 1 N–H and O–H groups in total. The number of aliphatic hydroxyl groups is 1. The van der Waals surface area contributed by atoms with E-state index in [0.29, 0.717) is 11.3 Å². The Morgan fingerprint density at radius 1 is 1.55 bits per heavy atom. The van der Waals surface area contributed by atoms with Crippen LogP contribution in [0.25, 0.3) is 0 Å². The van der Waals surface area contributed by atoms with Crippen molar-refractivity contribution >= 4 is 0 Å². The summed E-state index contributed by atoms with van der Waals surface area (Å²) in [5.41, 5.74) is 1.57. The van der Waals surface area contributed by atoms with Crippen molar-refractivity contribution in [3.63, 3.8) is 0 Å². The first-order valence-corrected chi connectivity index (χ1v) is 4.40. The molecule has 0 unspecified atom stereocenters. The number of fused-ring (bicyclic) bond motifs is 1.